The van der Waals surface area contributed by atoms with Crippen molar-refractivity contribution in [3.63, 3.8) is 0 Å². The molecule has 6 nitrogen and oxygen atoms in total. The number of aromatic nitrogens is 1. The maximum Gasteiger partial charge on any atom is 0.268 e. The van der Waals surface area contributed by atoms with E-state index in [2.05, 4.69) is 5.32 Å². The Labute approximate surface area is 164 Å². The van der Waals surface area contributed by atoms with Crippen molar-refractivity contribution in [2.24, 2.45) is 12.2 Å². The third kappa shape index (κ3) is 3.74. The van der Waals surface area contributed by atoms with Gasteiger partial charge in [-0.3, -0.25) is 4.79 Å². The van der Waals surface area contributed by atoms with E-state index in [4.69, 9.17) is 16.7 Å². The molecule has 1 amide bonds. The van der Waals surface area contributed by atoms with E-state index in [0.29, 0.717) is 10.7 Å². The number of hydrogen-bond donors (Lipinski definition) is 2. The van der Waals surface area contributed by atoms with Crippen molar-refractivity contribution in [2.75, 3.05) is 0 Å². The summed E-state index contributed by atoms with van der Waals surface area (Å²) in [7, 11) is 0.0625. The van der Waals surface area contributed by atoms with Gasteiger partial charge in [0.15, 0.2) is 0 Å². The van der Waals surface area contributed by atoms with Crippen molar-refractivity contribution < 1.29 is 9.00 Å². The topological polar surface area (TPSA) is 101 Å². The van der Waals surface area contributed by atoms with E-state index in [0.717, 1.165) is 16.5 Å². The average Bonchev–Trinajstić information content (AvgIpc) is 2.97. The summed E-state index contributed by atoms with van der Waals surface area (Å²) < 4.78 is 13.3. The van der Waals surface area contributed by atoms with Gasteiger partial charge in [-0.2, -0.15) is 5.26 Å². The van der Waals surface area contributed by atoms with E-state index in [1.54, 1.807) is 41.9 Å². The number of carbonyl (C=O) groups excluding carboxylic acids is 1. The molecule has 3 N–H and O–H groups in total. The summed E-state index contributed by atoms with van der Waals surface area (Å²) in [6.45, 7) is 1.81. The molecule has 8 heteroatoms. The Morgan fingerprint density at radius 3 is 2.70 bits per heavy atom. The fourth-order valence-electron chi connectivity index (χ4n) is 2.95. The van der Waals surface area contributed by atoms with Gasteiger partial charge in [0, 0.05) is 23.0 Å². The van der Waals surface area contributed by atoms with Crippen LogP contribution in [-0.4, -0.2) is 14.7 Å². The lowest BCUT2D eigenvalue weighted by Gasteiger charge is -2.16. The molecule has 1 heterocycles. The summed E-state index contributed by atoms with van der Waals surface area (Å²) in [5, 5.41) is 19.0. The largest absolute Gasteiger partial charge is 0.344 e. The molecule has 0 spiro atoms. The van der Waals surface area contributed by atoms with E-state index in [1.165, 1.54) is 0 Å². The molecule has 2 aromatic carbocycles. The highest BCUT2D eigenvalue weighted by Gasteiger charge is 2.18. The molecule has 0 aliphatic rings. The molecule has 0 aliphatic carbocycles. The number of nitriles is 1. The zero-order chi connectivity index (χ0) is 19.7. The van der Waals surface area contributed by atoms with E-state index < -0.39 is 11.0 Å². The molecule has 2 unspecified atom stereocenters. The Morgan fingerprint density at radius 2 is 2.04 bits per heavy atom. The van der Waals surface area contributed by atoms with Gasteiger partial charge in [0.05, 0.1) is 16.5 Å². The van der Waals surface area contributed by atoms with Crippen LogP contribution in [0.25, 0.3) is 10.9 Å². The summed E-state index contributed by atoms with van der Waals surface area (Å²) in [5.41, 5.74) is 2.31. The fraction of sp³-hybridized carbons (Fsp3) is 0.158. The number of nitrogens with one attached hydrogen (secondary N) is 1. The van der Waals surface area contributed by atoms with Crippen LogP contribution in [0.4, 0.5) is 0 Å². The highest BCUT2D eigenvalue weighted by atomic mass is 35.5. The number of nitrogens with two attached hydrogens (primary N) is 1. The van der Waals surface area contributed by atoms with Gasteiger partial charge in [-0.05, 0) is 42.8 Å². The van der Waals surface area contributed by atoms with Crippen LogP contribution < -0.4 is 10.5 Å². The Morgan fingerprint density at radius 1 is 1.30 bits per heavy atom. The van der Waals surface area contributed by atoms with Gasteiger partial charge in [0.1, 0.15) is 22.7 Å². The summed E-state index contributed by atoms with van der Waals surface area (Å²) >= 11 is 6.04. The second kappa shape index (κ2) is 7.53. The van der Waals surface area contributed by atoms with Crippen LogP contribution in [0.3, 0.4) is 0 Å². The Kier molecular flexibility index (Phi) is 5.33. The lowest BCUT2D eigenvalue weighted by Crippen LogP contribution is -2.28. The van der Waals surface area contributed by atoms with Gasteiger partial charge in [-0.25, -0.2) is 9.35 Å². The van der Waals surface area contributed by atoms with Crippen LogP contribution in [0.2, 0.25) is 5.02 Å². The molecule has 27 heavy (non-hydrogen) atoms. The second-order valence-corrected chi connectivity index (χ2v) is 7.62. The number of nitrogens with zero attached hydrogens (tertiary/aromatic N) is 2. The van der Waals surface area contributed by atoms with Gasteiger partial charge >= 0.3 is 0 Å². The van der Waals surface area contributed by atoms with Crippen LogP contribution in [0.5, 0.6) is 0 Å². The maximum atomic E-state index is 12.7. The first-order valence-electron chi connectivity index (χ1n) is 8.08. The van der Waals surface area contributed by atoms with E-state index in [-0.39, 0.29) is 22.4 Å². The molecule has 3 aromatic rings. The van der Waals surface area contributed by atoms with Crippen molar-refractivity contribution in [2.45, 2.75) is 17.9 Å². The van der Waals surface area contributed by atoms with Crippen molar-refractivity contribution >= 4 is 39.4 Å². The SMILES string of the molecule is CC(NC(=O)c1cc2ccc(Cl)cc2n1C)c1ccc(S(N)=O)c(C#N)c1. The number of fused-ring (bicyclic) bond motifs is 1. The smallest absolute Gasteiger partial charge is 0.268 e. The minimum atomic E-state index is -1.74. The molecular formula is C19H17ClN4O2S. The van der Waals surface area contributed by atoms with Crippen molar-refractivity contribution in [3.8, 4) is 6.07 Å². The number of amides is 1. The van der Waals surface area contributed by atoms with Crippen LogP contribution >= 0.6 is 11.6 Å². The number of benzene rings is 2. The van der Waals surface area contributed by atoms with Crippen molar-refractivity contribution in [1.29, 1.82) is 5.26 Å². The number of halogens is 1. The van der Waals surface area contributed by atoms with Crippen molar-refractivity contribution in [3.05, 3.63) is 64.3 Å². The van der Waals surface area contributed by atoms with Gasteiger partial charge in [-0.15, -0.1) is 0 Å². The van der Waals surface area contributed by atoms with Gasteiger partial charge in [0.2, 0.25) is 0 Å². The molecular weight excluding hydrogens is 384 g/mol. The molecule has 1 aromatic heterocycles. The number of aryl methyl sites for hydroxylation is 1. The molecule has 0 fully saturated rings. The summed E-state index contributed by atoms with van der Waals surface area (Å²) in [4.78, 5) is 13.0. The minimum Gasteiger partial charge on any atom is -0.344 e. The van der Waals surface area contributed by atoms with Crippen LogP contribution in [0, 0.1) is 11.3 Å². The van der Waals surface area contributed by atoms with Gasteiger partial charge < -0.3 is 9.88 Å². The molecule has 3 rings (SSSR count). The first-order valence-corrected chi connectivity index (χ1v) is 9.67. The van der Waals surface area contributed by atoms with Crippen LogP contribution in [0.1, 0.15) is 34.6 Å². The molecule has 0 aliphatic heterocycles. The number of rotatable bonds is 4. The third-order valence-electron chi connectivity index (χ3n) is 4.43. The standard InChI is InChI=1S/C19H17ClN4O2S/c1-11(12-4-6-18(27(22)26)14(7-12)10-21)23-19(25)17-8-13-3-5-15(20)9-16(13)24(17)2/h3-9,11H,22H2,1-2H3,(H,23,25). The van der Waals surface area contributed by atoms with Crippen LogP contribution in [-0.2, 0) is 18.0 Å². The number of carbonyl (C=O) groups is 1. The molecule has 0 saturated heterocycles. The quantitative estimate of drug-likeness (QED) is 0.703. The van der Waals surface area contributed by atoms with Gasteiger partial charge in [0.25, 0.3) is 5.91 Å². The summed E-state index contributed by atoms with van der Waals surface area (Å²) in [6.07, 6.45) is 0. The van der Waals surface area contributed by atoms with E-state index in [9.17, 15) is 14.3 Å². The third-order valence-corrected chi connectivity index (χ3v) is 5.45. The highest BCUT2D eigenvalue weighted by molar-refractivity contribution is 7.82. The molecule has 0 bridgehead atoms. The molecule has 138 valence electrons. The highest BCUT2D eigenvalue weighted by Crippen LogP contribution is 2.24. The zero-order valence-electron chi connectivity index (χ0n) is 14.7. The van der Waals surface area contributed by atoms with Gasteiger partial charge in [-0.1, -0.05) is 23.7 Å². The molecule has 0 saturated carbocycles. The first-order chi connectivity index (χ1) is 12.8. The van der Waals surface area contributed by atoms with E-state index >= 15 is 0 Å². The Bertz CT molecular complexity index is 1120. The second-order valence-electron chi connectivity index (χ2n) is 6.15. The van der Waals surface area contributed by atoms with E-state index in [1.807, 2.05) is 25.1 Å². The normalized spacial score (nSPS) is 13.1. The number of hydrogen-bond acceptors (Lipinski definition) is 3. The molecule has 0 radical (unpaired) electrons. The minimum absolute atomic E-state index is 0.230. The molecule has 2 atom stereocenters. The maximum absolute atomic E-state index is 12.7. The van der Waals surface area contributed by atoms with Crippen LogP contribution in [0.15, 0.2) is 47.4 Å². The zero-order valence-corrected chi connectivity index (χ0v) is 16.3. The first kappa shape index (κ1) is 19.1. The monoisotopic (exact) mass is 400 g/mol. The summed E-state index contributed by atoms with van der Waals surface area (Å²) in [5.74, 6) is -0.248. The lowest BCUT2D eigenvalue weighted by atomic mass is 10.1. The summed E-state index contributed by atoms with van der Waals surface area (Å²) in [6, 6.07) is 13.7. The average molecular weight is 401 g/mol. The Hall–Kier alpha value is -2.66. The Balaban J connectivity index is 1.87. The predicted molar refractivity (Wildman–Crippen MR) is 106 cm³/mol. The lowest BCUT2D eigenvalue weighted by molar-refractivity contribution is 0.0932. The predicted octanol–water partition coefficient (Wildman–Crippen LogP) is 3.18. The van der Waals surface area contributed by atoms with Crippen molar-refractivity contribution in [1.82, 2.24) is 9.88 Å². The fourth-order valence-corrected chi connectivity index (χ4v) is 3.64.